The van der Waals surface area contributed by atoms with Crippen LogP contribution in [0, 0.1) is 11.3 Å². The zero-order chi connectivity index (χ0) is 19.6. The molecule has 1 aromatic carbocycles. The number of amides is 3. The molecule has 1 unspecified atom stereocenters. The lowest BCUT2D eigenvalue weighted by Crippen LogP contribution is -2.46. The molecular formula is C19H24N4O4. The summed E-state index contributed by atoms with van der Waals surface area (Å²) in [6.45, 7) is 3.03. The van der Waals surface area contributed by atoms with Gasteiger partial charge in [-0.3, -0.25) is 9.59 Å². The Bertz CT molecular complexity index is 711. The highest BCUT2D eigenvalue weighted by atomic mass is 16.5. The molecule has 1 fully saturated rings. The fourth-order valence-electron chi connectivity index (χ4n) is 2.68. The van der Waals surface area contributed by atoms with Crippen molar-refractivity contribution in [3.63, 3.8) is 0 Å². The van der Waals surface area contributed by atoms with Crippen LogP contribution in [-0.4, -0.2) is 43.6 Å². The number of nitrogens with one attached hydrogen (secondary N) is 2. The van der Waals surface area contributed by atoms with E-state index in [9.17, 15) is 14.4 Å². The van der Waals surface area contributed by atoms with Gasteiger partial charge in [0.25, 0.3) is 0 Å². The summed E-state index contributed by atoms with van der Waals surface area (Å²) in [5, 5.41) is 14.0. The molecule has 1 saturated heterocycles. The summed E-state index contributed by atoms with van der Waals surface area (Å²) in [4.78, 5) is 37.4. The number of nitrogens with zero attached hydrogens (tertiary/aromatic N) is 2. The number of anilines is 1. The molecule has 2 rings (SSSR count). The van der Waals surface area contributed by atoms with Gasteiger partial charge in [-0.25, -0.2) is 4.79 Å². The van der Waals surface area contributed by atoms with E-state index in [1.165, 1.54) is 0 Å². The Kier molecular flexibility index (Phi) is 7.62. The molecular weight excluding hydrogens is 348 g/mol. The molecule has 1 aliphatic heterocycles. The van der Waals surface area contributed by atoms with E-state index < -0.39 is 12.1 Å². The SMILES string of the molecule is CCCCOC(=O)CCNC(=O)NC1CCN(c2ccc(C#N)cc2)C1=O. The number of carbonyl (C=O) groups is 3. The predicted octanol–water partition coefficient (Wildman–Crippen LogP) is 1.70. The Hall–Kier alpha value is -3.08. The quantitative estimate of drug-likeness (QED) is 0.533. The van der Waals surface area contributed by atoms with Crippen molar-refractivity contribution in [1.82, 2.24) is 10.6 Å². The number of nitriles is 1. The van der Waals surface area contributed by atoms with Crippen LogP contribution in [0.3, 0.4) is 0 Å². The van der Waals surface area contributed by atoms with Gasteiger partial charge in [0.05, 0.1) is 24.7 Å². The summed E-state index contributed by atoms with van der Waals surface area (Å²) in [5.41, 5.74) is 1.21. The van der Waals surface area contributed by atoms with Crippen LogP contribution < -0.4 is 15.5 Å². The van der Waals surface area contributed by atoms with Crippen LogP contribution in [-0.2, 0) is 14.3 Å². The van der Waals surface area contributed by atoms with Crippen LogP contribution in [0.4, 0.5) is 10.5 Å². The van der Waals surface area contributed by atoms with Gasteiger partial charge in [0.15, 0.2) is 0 Å². The fourth-order valence-corrected chi connectivity index (χ4v) is 2.68. The summed E-state index contributed by atoms with van der Waals surface area (Å²) in [7, 11) is 0. The highest BCUT2D eigenvalue weighted by Gasteiger charge is 2.33. The van der Waals surface area contributed by atoms with Gasteiger partial charge >= 0.3 is 12.0 Å². The van der Waals surface area contributed by atoms with Crippen molar-refractivity contribution in [1.29, 1.82) is 5.26 Å². The van der Waals surface area contributed by atoms with Crippen LogP contribution in [0.5, 0.6) is 0 Å². The number of hydrogen-bond acceptors (Lipinski definition) is 5. The van der Waals surface area contributed by atoms with Crippen molar-refractivity contribution >= 4 is 23.6 Å². The number of esters is 1. The zero-order valence-electron chi connectivity index (χ0n) is 15.4. The van der Waals surface area contributed by atoms with Gasteiger partial charge in [-0.1, -0.05) is 13.3 Å². The van der Waals surface area contributed by atoms with E-state index in [-0.39, 0.29) is 24.8 Å². The molecule has 8 nitrogen and oxygen atoms in total. The van der Waals surface area contributed by atoms with Crippen LogP contribution in [0.25, 0.3) is 0 Å². The Morgan fingerprint density at radius 2 is 2.07 bits per heavy atom. The largest absolute Gasteiger partial charge is 0.466 e. The number of rotatable bonds is 8. The minimum atomic E-state index is -0.614. The van der Waals surface area contributed by atoms with Crippen molar-refractivity contribution in [3.05, 3.63) is 29.8 Å². The van der Waals surface area contributed by atoms with Gasteiger partial charge in [-0.15, -0.1) is 0 Å². The maximum absolute atomic E-state index is 12.5. The highest BCUT2D eigenvalue weighted by Crippen LogP contribution is 2.21. The molecule has 0 aromatic heterocycles. The van der Waals surface area contributed by atoms with E-state index in [1.54, 1.807) is 29.2 Å². The Morgan fingerprint density at radius 1 is 1.33 bits per heavy atom. The molecule has 3 amide bonds. The maximum atomic E-state index is 12.5. The van der Waals surface area contributed by atoms with Crippen LogP contribution in [0.1, 0.15) is 38.2 Å². The minimum Gasteiger partial charge on any atom is -0.466 e. The number of ether oxygens (including phenoxy) is 1. The van der Waals surface area contributed by atoms with Gasteiger partial charge in [0.1, 0.15) is 6.04 Å². The molecule has 2 N–H and O–H groups in total. The predicted molar refractivity (Wildman–Crippen MR) is 98.9 cm³/mol. The molecule has 0 radical (unpaired) electrons. The molecule has 0 bridgehead atoms. The van der Waals surface area contributed by atoms with Crippen LogP contribution in [0.2, 0.25) is 0 Å². The number of unbranched alkanes of at least 4 members (excludes halogenated alkanes) is 1. The Labute approximate surface area is 158 Å². The summed E-state index contributed by atoms with van der Waals surface area (Å²) in [6, 6.07) is 7.65. The number of carbonyl (C=O) groups excluding carboxylic acids is 3. The first-order chi connectivity index (χ1) is 13.0. The van der Waals surface area contributed by atoms with Crippen molar-refractivity contribution in [2.75, 3.05) is 24.6 Å². The second-order valence-corrected chi connectivity index (χ2v) is 6.21. The standard InChI is InChI=1S/C19H24N4O4/c1-2-3-12-27-17(24)8-10-21-19(26)22-16-9-11-23(18(16)25)15-6-4-14(13-20)5-7-15/h4-7,16H,2-3,8-12H2,1H3,(H2,21,22,26). The van der Waals surface area contributed by atoms with Gasteiger partial charge in [0, 0.05) is 18.8 Å². The normalized spacial score (nSPS) is 15.9. The lowest BCUT2D eigenvalue weighted by molar-refractivity contribution is -0.143. The molecule has 1 aliphatic rings. The highest BCUT2D eigenvalue weighted by molar-refractivity contribution is 6.01. The number of hydrogen-bond donors (Lipinski definition) is 2. The molecule has 144 valence electrons. The van der Waals surface area contributed by atoms with E-state index in [0.29, 0.717) is 30.8 Å². The average Bonchev–Trinajstić information content (AvgIpc) is 3.02. The summed E-state index contributed by atoms with van der Waals surface area (Å²) >= 11 is 0. The first kappa shape index (κ1) is 20.2. The number of urea groups is 1. The molecule has 0 saturated carbocycles. The molecule has 1 heterocycles. The van der Waals surface area contributed by atoms with E-state index in [2.05, 4.69) is 10.6 Å². The van der Waals surface area contributed by atoms with E-state index in [0.717, 1.165) is 12.8 Å². The zero-order valence-corrected chi connectivity index (χ0v) is 15.4. The lowest BCUT2D eigenvalue weighted by Gasteiger charge is -2.17. The van der Waals surface area contributed by atoms with Crippen molar-refractivity contribution in [2.45, 2.75) is 38.6 Å². The van der Waals surface area contributed by atoms with Crippen molar-refractivity contribution in [2.24, 2.45) is 0 Å². The maximum Gasteiger partial charge on any atom is 0.315 e. The molecule has 0 spiro atoms. The monoisotopic (exact) mass is 372 g/mol. The van der Waals surface area contributed by atoms with Gasteiger partial charge < -0.3 is 20.3 Å². The van der Waals surface area contributed by atoms with E-state index >= 15 is 0 Å². The van der Waals surface area contributed by atoms with Crippen molar-refractivity contribution < 1.29 is 19.1 Å². The first-order valence-corrected chi connectivity index (χ1v) is 9.06. The third-order valence-electron chi connectivity index (χ3n) is 4.19. The van der Waals surface area contributed by atoms with Crippen LogP contribution >= 0.6 is 0 Å². The molecule has 27 heavy (non-hydrogen) atoms. The fraction of sp³-hybridized carbons (Fsp3) is 0.474. The van der Waals surface area contributed by atoms with E-state index in [4.69, 9.17) is 10.00 Å². The summed E-state index contributed by atoms with van der Waals surface area (Å²) in [5.74, 6) is -0.554. The summed E-state index contributed by atoms with van der Waals surface area (Å²) < 4.78 is 5.00. The third kappa shape index (κ3) is 5.99. The van der Waals surface area contributed by atoms with E-state index in [1.807, 2.05) is 13.0 Å². The van der Waals surface area contributed by atoms with Gasteiger partial charge in [-0.2, -0.15) is 5.26 Å². The smallest absolute Gasteiger partial charge is 0.315 e. The first-order valence-electron chi connectivity index (χ1n) is 9.06. The minimum absolute atomic E-state index is 0.0904. The Balaban J connectivity index is 1.74. The van der Waals surface area contributed by atoms with Gasteiger partial charge in [0.2, 0.25) is 5.91 Å². The Morgan fingerprint density at radius 3 is 2.74 bits per heavy atom. The second kappa shape index (κ2) is 10.2. The van der Waals surface area contributed by atoms with Gasteiger partial charge in [-0.05, 0) is 37.1 Å². The number of benzene rings is 1. The molecule has 1 aromatic rings. The topological polar surface area (TPSA) is 112 Å². The molecule has 8 heteroatoms. The lowest BCUT2D eigenvalue weighted by atomic mass is 10.2. The molecule has 1 atom stereocenters. The second-order valence-electron chi connectivity index (χ2n) is 6.21. The molecule has 0 aliphatic carbocycles. The average molecular weight is 372 g/mol. The third-order valence-corrected chi connectivity index (χ3v) is 4.19. The van der Waals surface area contributed by atoms with Crippen molar-refractivity contribution in [3.8, 4) is 6.07 Å². The summed E-state index contributed by atoms with van der Waals surface area (Å²) in [6.07, 6.45) is 2.35. The van der Waals surface area contributed by atoms with Crippen LogP contribution in [0.15, 0.2) is 24.3 Å².